The molecule has 116 valence electrons. The van der Waals surface area contributed by atoms with Gasteiger partial charge < -0.3 is 4.90 Å². The zero-order valence-electron chi connectivity index (χ0n) is 12.4. The highest BCUT2D eigenvalue weighted by molar-refractivity contribution is 7.88. The molecule has 20 heavy (non-hydrogen) atoms. The second-order valence-electron chi connectivity index (χ2n) is 6.69. The quantitative estimate of drug-likeness (QED) is 0.803. The van der Waals surface area contributed by atoms with Gasteiger partial charge in [0, 0.05) is 31.7 Å². The Morgan fingerprint density at radius 2 is 1.95 bits per heavy atom. The summed E-state index contributed by atoms with van der Waals surface area (Å²) in [6, 6.07) is 1.69. The van der Waals surface area contributed by atoms with E-state index in [9.17, 15) is 8.42 Å². The molecule has 0 radical (unpaired) electrons. The minimum atomic E-state index is -3.04. The number of hydrogen-bond donors (Lipinski definition) is 1. The molecule has 3 aliphatic rings. The van der Waals surface area contributed by atoms with Gasteiger partial charge in [0.2, 0.25) is 10.0 Å². The fourth-order valence-electron chi connectivity index (χ4n) is 3.97. The number of nitrogens with zero attached hydrogens (tertiary/aromatic N) is 2. The van der Waals surface area contributed by atoms with E-state index in [4.69, 9.17) is 0 Å². The molecule has 5 nitrogen and oxygen atoms in total. The third-order valence-corrected chi connectivity index (χ3v) is 5.73. The standard InChI is InChI=1S/C14H27N3O2S/c1-20(18,19)15-7-10-16-9-6-14-12(11-16)3-2-8-17(14)13-4-5-13/h12-15H,2-11H2,1H3. The van der Waals surface area contributed by atoms with Gasteiger partial charge in [-0.15, -0.1) is 0 Å². The number of hydrogen-bond acceptors (Lipinski definition) is 4. The fraction of sp³-hybridized carbons (Fsp3) is 1.00. The normalized spacial score (nSPS) is 33.0. The third kappa shape index (κ3) is 3.72. The van der Waals surface area contributed by atoms with Crippen molar-refractivity contribution in [3.8, 4) is 0 Å². The number of piperidine rings is 2. The highest BCUT2D eigenvalue weighted by Crippen LogP contribution is 2.38. The molecule has 0 aromatic rings. The van der Waals surface area contributed by atoms with Crippen molar-refractivity contribution in [1.82, 2.24) is 14.5 Å². The summed E-state index contributed by atoms with van der Waals surface area (Å²) in [5.41, 5.74) is 0. The maximum Gasteiger partial charge on any atom is 0.208 e. The second-order valence-corrected chi connectivity index (χ2v) is 8.53. The van der Waals surface area contributed by atoms with Gasteiger partial charge in [-0.25, -0.2) is 13.1 Å². The van der Waals surface area contributed by atoms with Gasteiger partial charge in [-0.05, 0) is 51.1 Å². The first-order valence-corrected chi connectivity index (χ1v) is 9.85. The maximum absolute atomic E-state index is 11.1. The average molecular weight is 301 g/mol. The van der Waals surface area contributed by atoms with E-state index in [-0.39, 0.29) is 0 Å². The zero-order valence-corrected chi connectivity index (χ0v) is 13.2. The van der Waals surface area contributed by atoms with Gasteiger partial charge in [-0.2, -0.15) is 0 Å². The van der Waals surface area contributed by atoms with Gasteiger partial charge >= 0.3 is 0 Å². The minimum Gasteiger partial charge on any atom is -0.302 e. The number of sulfonamides is 1. The van der Waals surface area contributed by atoms with Crippen LogP contribution in [0.5, 0.6) is 0 Å². The van der Waals surface area contributed by atoms with Crippen molar-refractivity contribution in [2.75, 3.05) is 39.0 Å². The van der Waals surface area contributed by atoms with E-state index in [1.54, 1.807) is 0 Å². The molecule has 1 aliphatic carbocycles. The van der Waals surface area contributed by atoms with Gasteiger partial charge in [-0.3, -0.25) is 4.90 Å². The van der Waals surface area contributed by atoms with Crippen molar-refractivity contribution in [2.24, 2.45) is 5.92 Å². The molecule has 1 N–H and O–H groups in total. The van der Waals surface area contributed by atoms with Gasteiger partial charge in [0.1, 0.15) is 0 Å². The summed E-state index contributed by atoms with van der Waals surface area (Å²) in [5.74, 6) is 0.802. The molecule has 2 heterocycles. The molecule has 3 rings (SSSR count). The Balaban J connectivity index is 1.48. The predicted octanol–water partition coefficient (Wildman–Crippen LogP) is 0.484. The lowest BCUT2D eigenvalue weighted by atomic mass is 9.83. The van der Waals surface area contributed by atoms with Crippen molar-refractivity contribution in [2.45, 2.75) is 44.2 Å². The van der Waals surface area contributed by atoms with E-state index in [1.807, 2.05) is 0 Å². The van der Waals surface area contributed by atoms with Crippen LogP contribution in [-0.4, -0.2) is 69.3 Å². The molecular formula is C14H27N3O2S. The Kier molecular flexibility index (Phi) is 4.36. The van der Waals surface area contributed by atoms with Gasteiger partial charge in [-0.1, -0.05) is 0 Å². The van der Waals surface area contributed by atoms with Crippen LogP contribution in [0.4, 0.5) is 0 Å². The Labute approximate surface area is 122 Å². The van der Waals surface area contributed by atoms with Crippen LogP contribution >= 0.6 is 0 Å². The van der Waals surface area contributed by atoms with E-state index in [0.717, 1.165) is 37.6 Å². The molecule has 0 amide bonds. The highest BCUT2D eigenvalue weighted by Gasteiger charge is 2.41. The maximum atomic E-state index is 11.1. The lowest BCUT2D eigenvalue weighted by Gasteiger charge is -2.47. The topological polar surface area (TPSA) is 52.7 Å². The summed E-state index contributed by atoms with van der Waals surface area (Å²) in [7, 11) is -3.04. The summed E-state index contributed by atoms with van der Waals surface area (Å²) < 4.78 is 24.8. The van der Waals surface area contributed by atoms with E-state index in [1.165, 1.54) is 44.9 Å². The van der Waals surface area contributed by atoms with Crippen LogP contribution in [0, 0.1) is 5.92 Å². The summed E-state index contributed by atoms with van der Waals surface area (Å²) in [6.07, 6.45) is 8.00. The summed E-state index contributed by atoms with van der Waals surface area (Å²) >= 11 is 0. The van der Waals surface area contributed by atoms with Crippen molar-refractivity contribution >= 4 is 10.0 Å². The molecular weight excluding hydrogens is 274 g/mol. The lowest BCUT2D eigenvalue weighted by molar-refractivity contribution is 0.0189. The van der Waals surface area contributed by atoms with Gasteiger partial charge in [0.05, 0.1) is 6.26 Å². The molecule has 6 heteroatoms. The fourth-order valence-corrected chi connectivity index (χ4v) is 4.43. The molecule has 0 bridgehead atoms. The smallest absolute Gasteiger partial charge is 0.208 e. The van der Waals surface area contributed by atoms with E-state index in [2.05, 4.69) is 14.5 Å². The molecule has 2 aliphatic heterocycles. The molecule has 0 aromatic heterocycles. The molecule has 3 fully saturated rings. The first-order chi connectivity index (χ1) is 9.53. The van der Waals surface area contributed by atoms with Gasteiger partial charge in [0.15, 0.2) is 0 Å². The van der Waals surface area contributed by atoms with Crippen molar-refractivity contribution in [3.63, 3.8) is 0 Å². The SMILES string of the molecule is CS(=O)(=O)NCCN1CCC2C(CCCN2C2CC2)C1. The van der Waals surface area contributed by atoms with Crippen LogP contribution in [0.3, 0.4) is 0 Å². The zero-order chi connectivity index (χ0) is 14.2. The number of nitrogens with one attached hydrogen (secondary N) is 1. The summed E-state index contributed by atoms with van der Waals surface area (Å²) in [5, 5.41) is 0. The Morgan fingerprint density at radius 1 is 1.15 bits per heavy atom. The molecule has 1 saturated carbocycles. The van der Waals surface area contributed by atoms with Crippen LogP contribution in [0.1, 0.15) is 32.1 Å². The van der Waals surface area contributed by atoms with E-state index in [0.29, 0.717) is 6.54 Å². The van der Waals surface area contributed by atoms with Crippen LogP contribution in [0.15, 0.2) is 0 Å². The lowest BCUT2D eigenvalue weighted by Crippen LogP contribution is -2.55. The molecule has 2 saturated heterocycles. The van der Waals surface area contributed by atoms with Crippen LogP contribution in [-0.2, 0) is 10.0 Å². The molecule has 2 unspecified atom stereocenters. The van der Waals surface area contributed by atoms with Crippen molar-refractivity contribution < 1.29 is 8.42 Å². The first-order valence-electron chi connectivity index (χ1n) is 7.96. The Bertz CT molecular complexity index is 436. The minimum absolute atomic E-state index is 0.544. The number of likely N-dealkylation sites (tertiary alicyclic amines) is 2. The highest BCUT2D eigenvalue weighted by atomic mass is 32.2. The van der Waals surface area contributed by atoms with Gasteiger partial charge in [0.25, 0.3) is 0 Å². The Morgan fingerprint density at radius 3 is 2.65 bits per heavy atom. The monoisotopic (exact) mass is 301 g/mol. The van der Waals surface area contributed by atoms with Crippen molar-refractivity contribution in [1.29, 1.82) is 0 Å². The van der Waals surface area contributed by atoms with E-state index < -0.39 is 10.0 Å². The summed E-state index contributed by atoms with van der Waals surface area (Å²) in [6.45, 7) is 4.97. The second kappa shape index (κ2) is 5.91. The number of rotatable bonds is 5. The van der Waals surface area contributed by atoms with Crippen molar-refractivity contribution in [3.05, 3.63) is 0 Å². The van der Waals surface area contributed by atoms with Crippen LogP contribution in [0.25, 0.3) is 0 Å². The number of fused-ring (bicyclic) bond motifs is 1. The molecule has 2 atom stereocenters. The first kappa shape index (κ1) is 14.8. The molecule has 0 spiro atoms. The molecule has 0 aromatic carbocycles. The third-order valence-electron chi connectivity index (χ3n) is 5.00. The predicted molar refractivity (Wildman–Crippen MR) is 80.1 cm³/mol. The van der Waals surface area contributed by atoms with Crippen LogP contribution in [0.2, 0.25) is 0 Å². The largest absolute Gasteiger partial charge is 0.302 e. The van der Waals surface area contributed by atoms with Crippen LogP contribution < -0.4 is 4.72 Å². The van der Waals surface area contributed by atoms with E-state index >= 15 is 0 Å². The summed E-state index contributed by atoms with van der Waals surface area (Å²) in [4.78, 5) is 5.22. The Hall–Kier alpha value is -0.170. The average Bonchev–Trinajstić information content (AvgIpc) is 3.20.